The summed E-state index contributed by atoms with van der Waals surface area (Å²) in [7, 11) is 0. The lowest BCUT2D eigenvalue weighted by atomic mass is 10.2. The Hall–Kier alpha value is -2.90. The summed E-state index contributed by atoms with van der Waals surface area (Å²) in [6.07, 6.45) is 1.79. The molecule has 1 aromatic carbocycles. The first-order valence-electron chi connectivity index (χ1n) is 9.63. The minimum absolute atomic E-state index is 0.147. The van der Waals surface area contributed by atoms with Gasteiger partial charge in [0.1, 0.15) is 5.82 Å². The predicted octanol–water partition coefficient (Wildman–Crippen LogP) is 2.80. The Balaban J connectivity index is 1.50. The highest BCUT2D eigenvalue weighted by Gasteiger charge is 2.32. The number of ether oxygens (including phenoxy) is 1. The second-order valence-electron chi connectivity index (χ2n) is 7.10. The third-order valence-electron chi connectivity index (χ3n) is 5.12. The van der Waals surface area contributed by atoms with Gasteiger partial charge in [0.05, 0.1) is 12.3 Å². The second-order valence-corrected chi connectivity index (χ2v) is 7.10. The van der Waals surface area contributed by atoms with Gasteiger partial charge in [-0.25, -0.2) is 13.9 Å². The van der Waals surface area contributed by atoms with E-state index in [2.05, 4.69) is 5.10 Å². The Kier molecular flexibility index (Phi) is 5.02. The fourth-order valence-electron chi connectivity index (χ4n) is 3.43. The molecule has 1 saturated carbocycles. The summed E-state index contributed by atoms with van der Waals surface area (Å²) in [6, 6.07) is 7.97. The first-order chi connectivity index (χ1) is 13.6. The highest BCUT2D eigenvalue weighted by atomic mass is 19.1. The van der Waals surface area contributed by atoms with Gasteiger partial charge in [-0.3, -0.25) is 4.79 Å². The van der Waals surface area contributed by atoms with E-state index in [1.807, 2.05) is 6.07 Å². The third-order valence-corrected chi connectivity index (χ3v) is 5.12. The number of amides is 2. The highest BCUT2D eigenvalue weighted by Crippen LogP contribution is 2.41. The van der Waals surface area contributed by atoms with Crippen LogP contribution in [0.3, 0.4) is 0 Å². The van der Waals surface area contributed by atoms with E-state index in [1.54, 1.807) is 33.5 Å². The molecule has 2 heterocycles. The molecule has 0 atom stereocenters. The largest absolute Gasteiger partial charge is 0.450 e. The zero-order valence-electron chi connectivity index (χ0n) is 15.8. The van der Waals surface area contributed by atoms with Crippen molar-refractivity contribution < 1.29 is 18.7 Å². The molecule has 1 saturated heterocycles. The van der Waals surface area contributed by atoms with Crippen LogP contribution >= 0.6 is 0 Å². The van der Waals surface area contributed by atoms with E-state index >= 15 is 0 Å². The van der Waals surface area contributed by atoms with Gasteiger partial charge < -0.3 is 14.5 Å². The number of aromatic nitrogens is 2. The van der Waals surface area contributed by atoms with Gasteiger partial charge in [0.15, 0.2) is 5.69 Å². The van der Waals surface area contributed by atoms with E-state index in [1.165, 1.54) is 12.1 Å². The Labute approximate surface area is 162 Å². The Bertz CT molecular complexity index is 868. The number of piperazine rings is 1. The first kappa shape index (κ1) is 18.5. The van der Waals surface area contributed by atoms with Crippen LogP contribution in [0.25, 0.3) is 5.69 Å². The summed E-state index contributed by atoms with van der Waals surface area (Å²) >= 11 is 0. The summed E-state index contributed by atoms with van der Waals surface area (Å²) in [5, 5.41) is 4.53. The monoisotopic (exact) mass is 386 g/mol. The van der Waals surface area contributed by atoms with Gasteiger partial charge >= 0.3 is 6.09 Å². The van der Waals surface area contributed by atoms with Crippen LogP contribution in [-0.2, 0) is 4.74 Å². The third kappa shape index (κ3) is 3.72. The van der Waals surface area contributed by atoms with Gasteiger partial charge in [0, 0.05) is 37.8 Å². The fraction of sp³-hybridized carbons (Fsp3) is 0.450. The zero-order valence-corrected chi connectivity index (χ0v) is 15.8. The minimum atomic E-state index is -0.341. The van der Waals surface area contributed by atoms with Gasteiger partial charge in [-0.2, -0.15) is 5.10 Å². The zero-order chi connectivity index (χ0) is 19.7. The topological polar surface area (TPSA) is 67.7 Å². The standard InChI is InChI=1S/C20H23FN4O3/c1-2-28-20(27)24-11-9-23(10-12-24)19(26)17-13-18(14-3-4-14)25(22-17)16-7-5-15(21)6-8-16/h5-8,13-14H,2-4,9-12H2,1H3. The van der Waals surface area contributed by atoms with Gasteiger partial charge in [-0.1, -0.05) is 0 Å². The Morgan fingerprint density at radius 2 is 1.75 bits per heavy atom. The number of carbonyl (C=O) groups excluding carboxylic acids is 2. The molecular formula is C20H23FN4O3. The van der Waals surface area contributed by atoms with Crippen LogP contribution in [0.1, 0.15) is 41.9 Å². The molecule has 1 aliphatic carbocycles. The molecule has 0 unspecified atom stereocenters. The molecule has 0 bridgehead atoms. The molecule has 0 N–H and O–H groups in total. The number of benzene rings is 1. The quantitative estimate of drug-likeness (QED) is 0.810. The number of nitrogens with zero attached hydrogens (tertiary/aromatic N) is 4. The van der Waals surface area contributed by atoms with Gasteiger partial charge in [-0.05, 0) is 50.1 Å². The maximum Gasteiger partial charge on any atom is 0.409 e. The number of halogens is 1. The summed E-state index contributed by atoms with van der Waals surface area (Å²) in [4.78, 5) is 28.1. The molecule has 8 heteroatoms. The normalized spacial score (nSPS) is 16.9. The van der Waals surface area contributed by atoms with Crippen LogP contribution in [0.2, 0.25) is 0 Å². The molecule has 0 radical (unpaired) electrons. The van der Waals surface area contributed by atoms with E-state index in [9.17, 15) is 14.0 Å². The van der Waals surface area contributed by atoms with Crippen molar-refractivity contribution in [3.63, 3.8) is 0 Å². The highest BCUT2D eigenvalue weighted by molar-refractivity contribution is 5.92. The van der Waals surface area contributed by atoms with Crippen molar-refractivity contribution in [1.82, 2.24) is 19.6 Å². The molecule has 2 fully saturated rings. The van der Waals surface area contributed by atoms with Crippen molar-refractivity contribution in [2.75, 3.05) is 32.8 Å². The number of carbonyl (C=O) groups is 2. The number of hydrogen-bond donors (Lipinski definition) is 0. The average Bonchev–Trinajstić information content (AvgIpc) is 3.47. The molecule has 28 heavy (non-hydrogen) atoms. The predicted molar refractivity (Wildman–Crippen MR) is 100.0 cm³/mol. The van der Waals surface area contributed by atoms with Gasteiger partial charge in [0.2, 0.25) is 0 Å². The second kappa shape index (κ2) is 7.61. The van der Waals surface area contributed by atoms with E-state index in [4.69, 9.17) is 4.74 Å². The molecule has 7 nitrogen and oxygen atoms in total. The van der Waals surface area contributed by atoms with Crippen LogP contribution in [0.5, 0.6) is 0 Å². The maximum absolute atomic E-state index is 13.3. The molecule has 2 aliphatic rings. The summed E-state index contributed by atoms with van der Waals surface area (Å²) < 4.78 is 20.0. The van der Waals surface area contributed by atoms with E-state index in [-0.39, 0.29) is 17.8 Å². The maximum atomic E-state index is 13.3. The van der Waals surface area contributed by atoms with Crippen LogP contribution in [0.15, 0.2) is 30.3 Å². The molecule has 148 valence electrons. The Morgan fingerprint density at radius 1 is 1.11 bits per heavy atom. The SMILES string of the molecule is CCOC(=O)N1CCN(C(=O)c2cc(C3CC3)n(-c3ccc(F)cc3)n2)CC1. The van der Waals surface area contributed by atoms with Gasteiger partial charge in [-0.15, -0.1) is 0 Å². The van der Waals surface area contributed by atoms with E-state index < -0.39 is 0 Å². The lowest BCUT2D eigenvalue weighted by molar-refractivity contribution is 0.0565. The molecule has 2 amide bonds. The lowest BCUT2D eigenvalue weighted by Gasteiger charge is -2.33. The minimum Gasteiger partial charge on any atom is -0.450 e. The summed E-state index contributed by atoms with van der Waals surface area (Å²) in [5.74, 6) is -0.0642. The van der Waals surface area contributed by atoms with Crippen molar-refractivity contribution in [2.45, 2.75) is 25.7 Å². The van der Waals surface area contributed by atoms with Crippen molar-refractivity contribution in [1.29, 1.82) is 0 Å². The molecule has 2 aromatic rings. The van der Waals surface area contributed by atoms with Gasteiger partial charge in [0.25, 0.3) is 5.91 Å². The van der Waals surface area contributed by atoms with E-state index in [0.29, 0.717) is 44.4 Å². The smallest absolute Gasteiger partial charge is 0.409 e. The van der Waals surface area contributed by atoms with Crippen LogP contribution < -0.4 is 0 Å². The van der Waals surface area contributed by atoms with E-state index in [0.717, 1.165) is 24.2 Å². The summed E-state index contributed by atoms with van der Waals surface area (Å²) in [6.45, 7) is 3.88. The number of hydrogen-bond acceptors (Lipinski definition) is 4. The lowest BCUT2D eigenvalue weighted by Crippen LogP contribution is -2.50. The van der Waals surface area contributed by atoms with Crippen molar-refractivity contribution in [3.05, 3.63) is 47.5 Å². The number of rotatable bonds is 4. The van der Waals surface area contributed by atoms with Crippen LogP contribution in [-0.4, -0.2) is 64.4 Å². The molecular weight excluding hydrogens is 363 g/mol. The first-order valence-corrected chi connectivity index (χ1v) is 9.63. The average molecular weight is 386 g/mol. The van der Waals surface area contributed by atoms with Crippen LogP contribution in [0, 0.1) is 5.82 Å². The Morgan fingerprint density at radius 3 is 2.36 bits per heavy atom. The summed E-state index contributed by atoms with van der Waals surface area (Å²) in [5.41, 5.74) is 2.12. The molecule has 1 aromatic heterocycles. The molecule has 4 rings (SSSR count). The molecule has 0 spiro atoms. The van der Waals surface area contributed by atoms with Crippen molar-refractivity contribution in [2.24, 2.45) is 0 Å². The van der Waals surface area contributed by atoms with Crippen molar-refractivity contribution >= 4 is 12.0 Å². The molecule has 1 aliphatic heterocycles. The fourth-order valence-corrected chi connectivity index (χ4v) is 3.43. The van der Waals surface area contributed by atoms with Crippen molar-refractivity contribution in [3.8, 4) is 5.69 Å². The van der Waals surface area contributed by atoms with Crippen LogP contribution in [0.4, 0.5) is 9.18 Å².